The Kier molecular flexibility index (Phi) is 15.1. The summed E-state index contributed by atoms with van der Waals surface area (Å²) < 4.78 is 0. The fourth-order valence-electron chi connectivity index (χ4n) is 8.40. The van der Waals surface area contributed by atoms with Crippen LogP contribution in [0, 0.1) is 29.6 Å². The summed E-state index contributed by atoms with van der Waals surface area (Å²) in [6.45, 7) is 16.1. The number of aliphatic hydroxyl groups excluding tert-OH is 2. The van der Waals surface area contributed by atoms with E-state index >= 15 is 0 Å². The predicted octanol–water partition coefficient (Wildman–Crippen LogP) is 0.200. The highest BCUT2D eigenvalue weighted by Gasteiger charge is 2.48. The van der Waals surface area contributed by atoms with Gasteiger partial charge in [0.1, 0.15) is 36.0 Å². The SMILES string of the molecule is CNC1CC(C)C(C)NC(=O)C2C(C)C(C)CN2C(=O)C(C(C)O)NC(=O)C(C(C)C(C)c2ccc(O)cc2)NC(=O)C2CC(C)CN2C(=O)C(C(C)O)NC1=O. The molecule has 8 N–H and O–H groups in total. The van der Waals surface area contributed by atoms with Crippen molar-refractivity contribution in [3.8, 4) is 5.75 Å². The van der Waals surface area contributed by atoms with E-state index in [0.29, 0.717) is 0 Å². The molecular weight excluding hydrogens is 734 g/mol. The third-order valence-electron chi connectivity index (χ3n) is 12.8. The fourth-order valence-corrected chi connectivity index (χ4v) is 8.40. The van der Waals surface area contributed by atoms with E-state index in [-0.39, 0.29) is 61.3 Å². The van der Waals surface area contributed by atoms with Crippen LogP contribution in [0.25, 0.3) is 0 Å². The van der Waals surface area contributed by atoms with Crippen molar-refractivity contribution in [3.05, 3.63) is 29.8 Å². The molecule has 3 saturated heterocycles. The Morgan fingerprint density at radius 1 is 0.667 bits per heavy atom. The molecule has 16 nitrogen and oxygen atoms in total. The number of benzene rings is 1. The molecule has 318 valence electrons. The summed E-state index contributed by atoms with van der Waals surface area (Å²) in [5, 5.41) is 46.1. The van der Waals surface area contributed by atoms with Gasteiger partial charge in [-0.05, 0) is 93.9 Å². The summed E-state index contributed by atoms with van der Waals surface area (Å²) in [6.07, 6.45) is -2.23. The zero-order valence-corrected chi connectivity index (χ0v) is 35.0. The van der Waals surface area contributed by atoms with Gasteiger partial charge in [-0.1, -0.05) is 53.7 Å². The molecule has 3 fully saturated rings. The highest BCUT2D eigenvalue weighted by molar-refractivity contribution is 5.97. The summed E-state index contributed by atoms with van der Waals surface area (Å²) in [5.74, 6) is -5.42. The molecule has 1 aromatic rings. The molecule has 4 rings (SSSR count). The zero-order chi connectivity index (χ0) is 42.6. The Morgan fingerprint density at radius 2 is 1.21 bits per heavy atom. The molecule has 6 amide bonds. The van der Waals surface area contributed by atoms with E-state index in [9.17, 15) is 44.1 Å². The molecule has 0 spiro atoms. The van der Waals surface area contributed by atoms with Crippen LogP contribution in [0.2, 0.25) is 0 Å². The maximum atomic E-state index is 14.5. The first-order valence-electron chi connectivity index (χ1n) is 20.3. The Morgan fingerprint density at radius 3 is 1.77 bits per heavy atom. The van der Waals surface area contributed by atoms with Crippen molar-refractivity contribution < 1.29 is 44.1 Å². The standard InChI is InChI=1S/C41H65N7O9/c1-19-15-31-37(53)44-32(24(6)23(5)28-11-13-29(51)14-12-28)38(54)46-34(27(9)50)41(57)48-18-21(3)22(4)35(48)39(55)43-25(7)20(2)16-30(42-10)36(52)45-33(26(8)49)40(56)47(31)17-19/h11-14,19-27,30-35,42,49-51H,15-18H2,1-10H3,(H,43,55)(H,44,53)(H,45,52)(H,46,54). The Hall–Kier alpha value is -4.28. The Balaban J connectivity index is 1.81. The van der Waals surface area contributed by atoms with E-state index in [4.69, 9.17) is 0 Å². The number of likely N-dealkylation sites (N-methyl/N-ethyl adjacent to an activating group) is 1. The van der Waals surface area contributed by atoms with Crippen molar-refractivity contribution in [3.63, 3.8) is 0 Å². The number of hydrogen-bond donors (Lipinski definition) is 8. The third-order valence-corrected chi connectivity index (χ3v) is 12.8. The lowest BCUT2D eigenvalue weighted by Gasteiger charge is -2.35. The number of fused-ring (bicyclic) bond motifs is 2. The Labute approximate surface area is 336 Å². The van der Waals surface area contributed by atoms with Crippen LogP contribution < -0.4 is 26.6 Å². The number of aliphatic hydroxyl groups is 2. The average molecular weight is 800 g/mol. The van der Waals surface area contributed by atoms with E-state index in [0.717, 1.165) is 5.56 Å². The van der Waals surface area contributed by atoms with Gasteiger partial charge in [-0.3, -0.25) is 28.8 Å². The normalized spacial score (nSPS) is 34.8. The smallest absolute Gasteiger partial charge is 0.248 e. The summed E-state index contributed by atoms with van der Waals surface area (Å²) >= 11 is 0. The first-order chi connectivity index (χ1) is 26.7. The second kappa shape index (κ2) is 19.0. The van der Waals surface area contributed by atoms with Gasteiger partial charge in [0.15, 0.2) is 0 Å². The second-order valence-electron chi connectivity index (χ2n) is 17.1. The molecule has 15 unspecified atom stereocenters. The summed E-state index contributed by atoms with van der Waals surface area (Å²) in [4.78, 5) is 87.9. The van der Waals surface area contributed by atoms with Crippen molar-refractivity contribution >= 4 is 35.4 Å². The molecular formula is C41H65N7O9. The first-order valence-corrected chi connectivity index (χ1v) is 20.3. The minimum atomic E-state index is -1.48. The van der Waals surface area contributed by atoms with E-state index in [2.05, 4.69) is 26.6 Å². The molecule has 0 aromatic heterocycles. The van der Waals surface area contributed by atoms with E-state index in [1.165, 1.54) is 35.8 Å². The summed E-state index contributed by atoms with van der Waals surface area (Å²) in [7, 11) is 1.60. The molecule has 0 aliphatic carbocycles. The summed E-state index contributed by atoms with van der Waals surface area (Å²) in [5.41, 5.74) is 0.756. The number of amides is 6. The van der Waals surface area contributed by atoms with Crippen LogP contribution in [0.4, 0.5) is 0 Å². The van der Waals surface area contributed by atoms with E-state index in [1.807, 2.05) is 34.6 Å². The lowest BCUT2D eigenvalue weighted by Crippen LogP contribution is -2.63. The first kappa shape index (κ1) is 45.4. The van der Waals surface area contributed by atoms with Crippen molar-refractivity contribution in [2.75, 3.05) is 20.1 Å². The maximum absolute atomic E-state index is 14.5. The van der Waals surface area contributed by atoms with Gasteiger partial charge in [-0.15, -0.1) is 0 Å². The average Bonchev–Trinajstić information content (AvgIpc) is 3.70. The van der Waals surface area contributed by atoms with Crippen molar-refractivity contribution in [2.45, 2.75) is 136 Å². The molecule has 3 aliphatic rings. The van der Waals surface area contributed by atoms with Gasteiger partial charge in [0.05, 0.1) is 18.2 Å². The highest BCUT2D eigenvalue weighted by atomic mass is 16.3. The van der Waals surface area contributed by atoms with Crippen molar-refractivity contribution in [2.24, 2.45) is 29.6 Å². The Bertz CT molecular complexity index is 1620. The number of phenols is 1. The van der Waals surface area contributed by atoms with Crippen LogP contribution in [-0.4, -0.2) is 135 Å². The fraction of sp³-hybridized carbons (Fsp3) is 0.707. The number of hydrogen-bond acceptors (Lipinski definition) is 10. The van der Waals surface area contributed by atoms with Crippen LogP contribution in [0.1, 0.15) is 86.6 Å². The second-order valence-corrected chi connectivity index (χ2v) is 17.1. The topological polar surface area (TPSA) is 230 Å². The molecule has 0 radical (unpaired) electrons. The molecule has 0 saturated carbocycles. The predicted molar refractivity (Wildman–Crippen MR) is 212 cm³/mol. The molecule has 3 heterocycles. The number of carbonyl (C=O) groups excluding carboxylic acids is 6. The molecule has 1 aromatic carbocycles. The van der Waals surface area contributed by atoms with Gasteiger partial charge in [-0.25, -0.2) is 0 Å². The van der Waals surface area contributed by atoms with Crippen LogP contribution in [0.5, 0.6) is 5.75 Å². The third kappa shape index (κ3) is 10.2. The number of aromatic hydroxyl groups is 1. The van der Waals surface area contributed by atoms with Crippen molar-refractivity contribution in [1.82, 2.24) is 36.4 Å². The summed E-state index contributed by atoms with van der Waals surface area (Å²) in [6, 6.07) is -0.979. The minimum Gasteiger partial charge on any atom is -0.508 e. The van der Waals surface area contributed by atoms with E-state index in [1.54, 1.807) is 33.0 Å². The number of nitrogens with zero attached hydrogens (tertiary/aromatic N) is 2. The van der Waals surface area contributed by atoms with Gasteiger partial charge in [-0.2, -0.15) is 0 Å². The van der Waals surface area contributed by atoms with Crippen LogP contribution in [0.15, 0.2) is 24.3 Å². The van der Waals surface area contributed by atoms with E-state index < -0.39 is 95.9 Å². The number of phenolic OH excluding ortho intramolecular Hbond substituents is 1. The molecule has 0 bridgehead atoms. The quantitative estimate of drug-likeness (QED) is 0.195. The van der Waals surface area contributed by atoms with Crippen LogP contribution >= 0.6 is 0 Å². The molecule has 3 aliphatic heterocycles. The van der Waals surface area contributed by atoms with Crippen molar-refractivity contribution in [1.29, 1.82) is 0 Å². The van der Waals surface area contributed by atoms with Gasteiger partial charge < -0.3 is 51.7 Å². The number of nitrogens with one attached hydrogen (secondary N) is 5. The lowest BCUT2D eigenvalue weighted by molar-refractivity contribution is -0.146. The molecule has 15 atom stereocenters. The van der Waals surface area contributed by atoms with Crippen LogP contribution in [0.3, 0.4) is 0 Å². The lowest BCUT2D eigenvalue weighted by atomic mass is 9.83. The monoisotopic (exact) mass is 799 g/mol. The minimum absolute atomic E-state index is 0.0517. The zero-order valence-electron chi connectivity index (χ0n) is 35.0. The van der Waals surface area contributed by atoms with Gasteiger partial charge >= 0.3 is 0 Å². The molecule has 57 heavy (non-hydrogen) atoms. The van der Waals surface area contributed by atoms with Gasteiger partial charge in [0.2, 0.25) is 35.4 Å². The van der Waals surface area contributed by atoms with Gasteiger partial charge in [0, 0.05) is 19.1 Å². The maximum Gasteiger partial charge on any atom is 0.248 e. The molecule has 16 heteroatoms. The largest absolute Gasteiger partial charge is 0.508 e. The highest BCUT2D eigenvalue weighted by Crippen LogP contribution is 2.32. The van der Waals surface area contributed by atoms with Crippen LogP contribution in [-0.2, 0) is 28.8 Å². The number of carbonyl (C=O) groups is 6. The number of rotatable bonds is 6. The van der Waals surface area contributed by atoms with Gasteiger partial charge in [0.25, 0.3) is 0 Å².